The second-order valence-electron chi connectivity index (χ2n) is 5.83. The molecule has 2 aromatic heterocycles. The highest BCUT2D eigenvalue weighted by Crippen LogP contribution is 2.33. The van der Waals surface area contributed by atoms with E-state index >= 15 is 0 Å². The van der Waals surface area contributed by atoms with E-state index in [2.05, 4.69) is 38.1 Å². The fourth-order valence-corrected chi connectivity index (χ4v) is 4.16. The molecular weight excluding hydrogens is 282 g/mol. The predicted molar refractivity (Wildman–Crippen MR) is 87.2 cm³/mol. The summed E-state index contributed by atoms with van der Waals surface area (Å²) in [6, 6.07) is 2.97. The second kappa shape index (κ2) is 5.51. The SMILES string of the molecule is CCc1cc2c(N3CC(N4CCNCC4)C3)ncnc2s1. The van der Waals surface area contributed by atoms with Gasteiger partial charge in [-0.3, -0.25) is 4.90 Å². The summed E-state index contributed by atoms with van der Waals surface area (Å²) in [5, 5.41) is 4.65. The number of aromatic nitrogens is 2. The summed E-state index contributed by atoms with van der Waals surface area (Å²) in [5.74, 6) is 1.13. The van der Waals surface area contributed by atoms with Crippen molar-refractivity contribution in [1.29, 1.82) is 0 Å². The molecule has 2 aliphatic rings. The molecule has 0 saturated carbocycles. The van der Waals surface area contributed by atoms with Crippen LogP contribution in [0.5, 0.6) is 0 Å². The van der Waals surface area contributed by atoms with Crippen LogP contribution in [-0.2, 0) is 6.42 Å². The number of nitrogens with zero attached hydrogens (tertiary/aromatic N) is 4. The molecule has 2 aromatic rings. The van der Waals surface area contributed by atoms with E-state index in [4.69, 9.17) is 0 Å². The van der Waals surface area contributed by atoms with Crippen LogP contribution in [0.4, 0.5) is 5.82 Å². The second-order valence-corrected chi connectivity index (χ2v) is 6.94. The van der Waals surface area contributed by atoms with Gasteiger partial charge in [-0.1, -0.05) is 6.92 Å². The van der Waals surface area contributed by atoms with Gasteiger partial charge in [0.25, 0.3) is 0 Å². The molecule has 2 aliphatic heterocycles. The largest absolute Gasteiger partial charge is 0.353 e. The quantitative estimate of drug-likeness (QED) is 0.927. The highest BCUT2D eigenvalue weighted by molar-refractivity contribution is 7.18. The van der Waals surface area contributed by atoms with Gasteiger partial charge in [-0.05, 0) is 12.5 Å². The minimum absolute atomic E-state index is 0.696. The Morgan fingerprint density at radius 1 is 1.29 bits per heavy atom. The van der Waals surface area contributed by atoms with E-state index in [1.807, 2.05) is 0 Å². The van der Waals surface area contributed by atoms with Crippen LogP contribution >= 0.6 is 11.3 Å². The number of nitrogens with one attached hydrogen (secondary N) is 1. The van der Waals surface area contributed by atoms with E-state index in [9.17, 15) is 0 Å². The third kappa shape index (κ3) is 2.41. The zero-order chi connectivity index (χ0) is 14.2. The molecule has 4 rings (SSSR count). The number of hydrogen-bond donors (Lipinski definition) is 1. The zero-order valence-corrected chi connectivity index (χ0v) is 13.2. The molecule has 2 fully saturated rings. The normalized spacial score (nSPS) is 20.9. The molecule has 0 aliphatic carbocycles. The number of rotatable bonds is 3. The average molecular weight is 303 g/mol. The van der Waals surface area contributed by atoms with Crippen molar-refractivity contribution < 1.29 is 0 Å². The molecule has 5 nitrogen and oxygen atoms in total. The van der Waals surface area contributed by atoms with Gasteiger partial charge in [-0.25, -0.2) is 9.97 Å². The first kappa shape index (κ1) is 13.4. The lowest BCUT2D eigenvalue weighted by atomic mass is 10.1. The molecule has 0 amide bonds. The van der Waals surface area contributed by atoms with Crippen molar-refractivity contribution >= 4 is 27.4 Å². The van der Waals surface area contributed by atoms with Crippen molar-refractivity contribution in [3.05, 3.63) is 17.3 Å². The number of hydrogen-bond acceptors (Lipinski definition) is 6. The van der Waals surface area contributed by atoms with Crippen LogP contribution in [0, 0.1) is 0 Å². The van der Waals surface area contributed by atoms with E-state index in [1.165, 1.54) is 23.4 Å². The highest BCUT2D eigenvalue weighted by atomic mass is 32.1. The predicted octanol–water partition coefficient (Wildman–Crippen LogP) is 1.35. The van der Waals surface area contributed by atoms with Gasteiger partial charge >= 0.3 is 0 Å². The lowest BCUT2D eigenvalue weighted by Gasteiger charge is -2.47. The van der Waals surface area contributed by atoms with Crippen LogP contribution in [0.15, 0.2) is 12.4 Å². The summed E-state index contributed by atoms with van der Waals surface area (Å²) in [4.78, 5) is 16.5. The van der Waals surface area contributed by atoms with Gasteiger partial charge in [0.05, 0.1) is 5.39 Å². The van der Waals surface area contributed by atoms with Crippen LogP contribution in [0.3, 0.4) is 0 Å². The van der Waals surface area contributed by atoms with E-state index in [1.54, 1.807) is 17.7 Å². The standard InChI is InChI=1S/C15H21N5S/c1-2-12-7-13-14(17-10-18-15(13)21-12)20-8-11(9-20)19-5-3-16-4-6-19/h7,10-11,16H,2-6,8-9H2,1H3. The number of thiophene rings is 1. The molecule has 2 saturated heterocycles. The van der Waals surface area contributed by atoms with Gasteiger partial charge in [0.2, 0.25) is 0 Å². The minimum atomic E-state index is 0.696. The third-order valence-electron chi connectivity index (χ3n) is 4.54. The van der Waals surface area contributed by atoms with Crippen molar-refractivity contribution in [1.82, 2.24) is 20.2 Å². The van der Waals surface area contributed by atoms with Gasteiger partial charge in [0, 0.05) is 50.2 Å². The van der Waals surface area contributed by atoms with Crippen molar-refractivity contribution in [3.8, 4) is 0 Å². The number of aryl methyl sites for hydroxylation is 1. The summed E-state index contributed by atoms with van der Waals surface area (Å²) < 4.78 is 0. The Bertz CT molecular complexity index is 628. The molecule has 0 spiro atoms. The fourth-order valence-electron chi connectivity index (χ4n) is 3.23. The molecule has 0 atom stereocenters. The first-order chi connectivity index (χ1) is 10.3. The smallest absolute Gasteiger partial charge is 0.140 e. The minimum Gasteiger partial charge on any atom is -0.353 e. The van der Waals surface area contributed by atoms with Gasteiger partial charge in [0.15, 0.2) is 0 Å². The monoisotopic (exact) mass is 303 g/mol. The van der Waals surface area contributed by atoms with E-state index in [0.717, 1.165) is 43.2 Å². The van der Waals surface area contributed by atoms with Crippen LogP contribution in [0.1, 0.15) is 11.8 Å². The molecule has 0 unspecified atom stereocenters. The van der Waals surface area contributed by atoms with Crippen molar-refractivity contribution in [2.75, 3.05) is 44.2 Å². The Kier molecular flexibility index (Phi) is 3.52. The molecule has 0 radical (unpaired) electrons. The maximum absolute atomic E-state index is 4.55. The molecule has 4 heterocycles. The van der Waals surface area contributed by atoms with Gasteiger partial charge < -0.3 is 10.2 Å². The van der Waals surface area contributed by atoms with Crippen LogP contribution in [-0.4, -0.2) is 60.2 Å². The Morgan fingerprint density at radius 2 is 2.10 bits per heavy atom. The zero-order valence-electron chi connectivity index (χ0n) is 12.4. The van der Waals surface area contributed by atoms with E-state index in [0.29, 0.717) is 6.04 Å². The van der Waals surface area contributed by atoms with Crippen molar-refractivity contribution in [2.45, 2.75) is 19.4 Å². The number of anilines is 1. The lowest BCUT2D eigenvalue weighted by molar-refractivity contribution is 0.147. The summed E-state index contributed by atoms with van der Waals surface area (Å²) in [6.07, 6.45) is 2.79. The highest BCUT2D eigenvalue weighted by Gasteiger charge is 2.34. The Balaban J connectivity index is 1.51. The van der Waals surface area contributed by atoms with Crippen LogP contribution < -0.4 is 10.2 Å². The van der Waals surface area contributed by atoms with E-state index < -0.39 is 0 Å². The van der Waals surface area contributed by atoms with Gasteiger partial charge in [-0.2, -0.15) is 0 Å². The van der Waals surface area contributed by atoms with Gasteiger partial charge in [0.1, 0.15) is 17.0 Å². The molecule has 1 N–H and O–H groups in total. The summed E-state index contributed by atoms with van der Waals surface area (Å²) >= 11 is 1.80. The summed E-state index contributed by atoms with van der Waals surface area (Å²) in [6.45, 7) is 9.00. The molecule has 0 bridgehead atoms. The Hall–Kier alpha value is -1.24. The number of piperazine rings is 1. The van der Waals surface area contributed by atoms with E-state index in [-0.39, 0.29) is 0 Å². The molecule has 6 heteroatoms. The summed E-state index contributed by atoms with van der Waals surface area (Å²) in [5.41, 5.74) is 0. The maximum atomic E-state index is 4.55. The molecule has 21 heavy (non-hydrogen) atoms. The fraction of sp³-hybridized carbons (Fsp3) is 0.600. The maximum Gasteiger partial charge on any atom is 0.140 e. The average Bonchev–Trinajstić information content (AvgIpc) is 2.91. The first-order valence-corrected chi connectivity index (χ1v) is 8.60. The van der Waals surface area contributed by atoms with Crippen molar-refractivity contribution in [2.24, 2.45) is 0 Å². The Morgan fingerprint density at radius 3 is 2.86 bits per heavy atom. The van der Waals surface area contributed by atoms with Crippen LogP contribution in [0.25, 0.3) is 10.2 Å². The molecule has 112 valence electrons. The number of fused-ring (bicyclic) bond motifs is 1. The third-order valence-corrected chi connectivity index (χ3v) is 5.73. The summed E-state index contributed by atoms with van der Waals surface area (Å²) in [7, 11) is 0. The topological polar surface area (TPSA) is 44.3 Å². The van der Waals surface area contributed by atoms with Gasteiger partial charge in [-0.15, -0.1) is 11.3 Å². The van der Waals surface area contributed by atoms with Crippen molar-refractivity contribution in [3.63, 3.8) is 0 Å². The lowest BCUT2D eigenvalue weighted by Crippen LogP contribution is -2.63. The molecular formula is C15H21N5S. The van der Waals surface area contributed by atoms with Crippen LogP contribution in [0.2, 0.25) is 0 Å². The molecule has 0 aromatic carbocycles. The Labute approximate surface area is 129 Å². The first-order valence-electron chi connectivity index (χ1n) is 7.78.